The van der Waals surface area contributed by atoms with Crippen LogP contribution in [0.15, 0.2) is 65.6 Å². The summed E-state index contributed by atoms with van der Waals surface area (Å²) in [5, 5.41) is 15.6. The highest BCUT2D eigenvalue weighted by Crippen LogP contribution is 2.29. The number of amides is 2. The second-order valence-corrected chi connectivity index (χ2v) is 10.6. The van der Waals surface area contributed by atoms with Crippen molar-refractivity contribution in [2.75, 3.05) is 13.1 Å². The molecule has 2 aromatic rings. The summed E-state index contributed by atoms with van der Waals surface area (Å²) in [6, 6.07) is 16.6. The zero-order valence-electron chi connectivity index (χ0n) is 19.3. The molecule has 1 aliphatic rings. The van der Waals surface area contributed by atoms with Gasteiger partial charge < -0.3 is 15.7 Å². The highest BCUT2D eigenvalue weighted by molar-refractivity contribution is 7.89. The Kier molecular flexibility index (Phi) is 9.20. The summed E-state index contributed by atoms with van der Waals surface area (Å²) in [7, 11) is -3.54. The maximum absolute atomic E-state index is 12.6. The Hall–Kier alpha value is -2.75. The van der Waals surface area contributed by atoms with E-state index in [2.05, 4.69) is 15.4 Å². The van der Waals surface area contributed by atoms with E-state index >= 15 is 0 Å². The van der Waals surface area contributed by atoms with Gasteiger partial charge in [0.25, 0.3) is 0 Å². The molecular weight excluding hydrogens is 454 g/mol. The lowest BCUT2D eigenvalue weighted by Crippen LogP contribution is -2.48. The number of rotatable bonds is 10. The SMILES string of the molecule is C[C@H](NC(=O)C1CCC(CNS(=O)(=O)c2ccccc2)CC1)C(=O)NC[C@@H](O)c1ccccc1. The lowest BCUT2D eigenvalue weighted by atomic mass is 9.81. The highest BCUT2D eigenvalue weighted by Gasteiger charge is 2.29. The predicted molar refractivity (Wildman–Crippen MR) is 129 cm³/mol. The monoisotopic (exact) mass is 487 g/mol. The second kappa shape index (κ2) is 12.1. The summed E-state index contributed by atoms with van der Waals surface area (Å²) < 4.78 is 27.4. The third kappa shape index (κ3) is 7.38. The molecule has 8 nitrogen and oxygen atoms in total. The number of hydrogen-bond acceptors (Lipinski definition) is 5. The minimum absolute atomic E-state index is 0.0626. The Labute approximate surface area is 201 Å². The van der Waals surface area contributed by atoms with Crippen LogP contribution in [0.25, 0.3) is 0 Å². The van der Waals surface area contributed by atoms with Crippen molar-refractivity contribution in [1.29, 1.82) is 0 Å². The molecule has 3 rings (SSSR count). The number of aliphatic hydroxyl groups excluding tert-OH is 1. The molecule has 2 atom stereocenters. The molecule has 0 unspecified atom stereocenters. The number of nitrogens with one attached hydrogen (secondary N) is 3. The average molecular weight is 488 g/mol. The molecule has 184 valence electrons. The van der Waals surface area contributed by atoms with Gasteiger partial charge in [0.15, 0.2) is 0 Å². The van der Waals surface area contributed by atoms with Gasteiger partial charge in [0.2, 0.25) is 21.8 Å². The van der Waals surface area contributed by atoms with Gasteiger partial charge in [0.05, 0.1) is 11.0 Å². The van der Waals surface area contributed by atoms with Gasteiger partial charge in [-0.05, 0) is 56.2 Å². The lowest BCUT2D eigenvalue weighted by Gasteiger charge is -2.28. The van der Waals surface area contributed by atoms with E-state index in [1.807, 2.05) is 18.2 Å². The van der Waals surface area contributed by atoms with Crippen LogP contribution in [0.1, 0.15) is 44.3 Å². The van der Waals surface area contributed by atoms with E-state index < -0.39 is 22.2 Å². The fraction of sp³-hybridized carbons (Fsp3) is 0.440. The maximum Gasteiger partial charge on any atom is 0.242 e. The van der Waals surface area contributed by atoms with E-state index in [1.54, 1.807) is 49.4 Å². The number of carbonyl (C=O) groups excluding carboxylic acids is 2. The van der Waals surface area contributed by atoms with Crippen LogP contribution >= 0.6 is 0 Å². The molecule has 34 heavy (non-hydrogen) atoms. The summed E-state index contributed by atoms with van der Waals surface area (Å²) in [6.45, 7) is 2.02. The summed E-state index contributed by atoms with van der Waals surface area (Å²) in [5.74, 6) is -0.559. The molecular formula is C25H33N3O5S. The Balaban J connectivity index is 1.38. The minimum Gasteiger partial charge on any atom is -0.387 e. The molecule has 4 N–H and O–H groups in total. The van der Waals surface area contributed by atoms with Crippen LogP contribution in [0.3, 0.4) is 0 Å². The number of carbonyl (C=O) groups is 2. The van der Waals surface area contributed by atoms with E-state index in [-0.39, 0.29) is 35.1 Å². The number of hydrogen-bond donors (Lipinski definition) is 4. The van der Waals surface area contributed by atoms with E-state index in [0.717, 1.165) is 12.8 Å². The molecule has 1 aliphatic carbocycles. The summed E-state index contributed by atoms with van der Waals surface area (Å²) in [4.78, 5) is 25.2. The van der Waals surface area contributed by atoms with Crippen LogP contribution in [0.2, 0.25) is 0 Å². The standard InChI is InChI=1S/C25H33N3O5S/c1-18(24(30)26-17-23(29)20-8-4-2-5-9-20)28-25(31)21-14-12-19(13-15-21)16-27-34(32,33)22-10-6-3-7-11-22/h2-11,18-19,21,23,27,29H,12-17H2,1H3,(H,26,30)(H,28,31)/t18-,19?,21?,23+/m0/s1. The first-order valence-corrected chi connectivity index (χ1v) is 13.1. The van der Waals surface area contributed by atoms with Gasteiger partial charge in [-0.25, -0.2) is 13.1 Å². The maximum atomic E-state index is 12.6. The number of benzene rings is 2. The fourth-order valence-electron chi connectivity index (χ4n) is 4.08. The van der Waals surface area contributed by atoms with Crippen molar-refractivity contribution in [3.05, 3.63) is 66.2 Å². The third-order valence-electron chi connectivity index (χ3n) is 6.24. The van der Waals surface area contributed by atoms with Crippen molar-refractivity contribution >= 4 is 21.8 Å². The summed E-state index contributed by atoms with van der Waals surface area (Å²) >= 11 is 0. The molecule has 1 fully saturated rings. The minimum atomic E-state index is -3.54. The van der Waals surface area contributed by atoms with Crippen LogP contribution in [-0.2, 0) is 19.6 Å². The smallest absolute Gasteiger partial charge is 0.242 e. The molecule has 1 saturated carbocycles. The first kappa shape index (κ1) is 25.9. The van der Waals surface area contributed by atoms with Gasteiger partial charge >= 0.3 is 0 Å². The van der Waals surface area contributed by atoms with Crippen molar-refractivity contribution in [3.63, 3.8) is 0 Å². The van der Waals surface area contributed by atoms with Gasteiger partial charge in [0, 0.05) is 19.0 Å². The second-order valence-electron chi connectivity index (χ2n) is 8.78. The van der Waals surface area contributed by atoms with Crippen LogP contribution in [0.5, 0.6) is 0 Å². The zero-order valence-corrected chi connectivity index (χ0v) is 20.1. The number of aliphatic hydroxyl groups is 1. The Morgan fingerprint density at radius 2 is 1.56 bits per heavy atom. The molecule has 0 aromatic heterocycles. The topological polar surface area (TPSA) is 125 Å². The van der Waals surface area contributed by atoms with Gasteiger partial charge in [-0.15, -0.1) is 0 Å². The first-order chi connectivity index (χ1) is 16.3. The average Bonchev–Trinajstić information content (AvgIpc) is 2.87. The predicted octanol–water partition coefficient (Wildman–Crippen LogP) is 2.13. The largest absolute Gasteiger partial charge is 0.387 e. The number of sulfonamides is 1. The Morgan fingerprint density at radius 1 is 0.971 bits per heavy atom. The molecule has 0 saturated heterocycles. The Bertz CT molecular complexity index is 1040. The van der Waals surface area contributed by atoms with Gasteiger partial charge in [-0.1, -0.05) is 48.5 Å². The fourth-order valence-corrected chi connectivity index (χ4v) is 5.22. The van der Waals surface area contributed by atoms with Crippen LogP contribution in [0.4, 0.5) is 0 Å². The van der Waals surface area contributed by atoms with Crippen molar-refractivity contribution < 1.29 is 23.1 Å². The quantitative estimate of drug-likeness (QED) is 0.409. The van der Waals surface area contributed by atoms with Crippen molar-refractivity contribution in [1.82, 2.24) is 15.4 Å². The van der Waals surface area contributed by atoms with E-state index in [0.29, 0.717) is 24.9 Å². The third-order valence-corrected chi connectivity index (χ3v) is 7.68. The van der Waals surface area contributed by atoms with Crippen LogP contribution in [0, 0.1) is 11.8 Å². The molecule has 0 bridgehead atoms. The van der Waals surface area contributed by atoms with Gasteiger partial charge in [-0.3, -0.25) is 9.59 Å². The highest BCUT2D eigenvalue weighted by atomic mass is 32.2. The zero-order chi connectivity index (χ0) is 24.6. The van der Waals surface area contributed by atoms with E-state index in [1.165, 1.54) is 0 Å². The van der Waals surface area contributed by atoms with Crippen molar-refractivity contribution in [2.45, 2.75) is 49.6 Å². The molecule has 0 spiro atoms. The van der Waals surface area contributed by atoms with Gasteiger partial charge in [0.1, 0.15) is 6.04 Å². The first-order valence-electron chi connectivity index (χ1n) is 11.6. The van der Waals surface area contributed by atoms with E-state index in [9.17, 15) is 23.1 Å². The van der Waals surface area contributed by atoms with Crippen LogP contribution in [-0.4, -0.2) is 44.5 Å². The molecule has 2 amide bonds. The lowest BCUT2D eigenvalue weighted by molar-refractivity contribution is -0.131. The molecule has 2 aromatic carbocycles. The van der Waals surface area contributed by atoms with Gasteiger partial charge in [-0.2, -0.15) is 0 Å². The van der Waals surface area contributed by atoms with Crippen molar-refractivity contribution in [3.8, 4) is 0 Å². The Morgan fingerprint density at radius 3 is 2.18 bits per heavy atom. The molecule has 9 heteroatoms. The molecule has 0 radical (unpaired) electrons. The molecule has 0 heterocycles. The van der Waals surface area contributed by atoms with Crippen LogP contribution < -0.4 is 15.4 Å². The van der Waals surface area contributed by atoms with Crippen molar-refractivity contribution in [2.24, 2.45) is 11.8 Å². The molecule has 0 aliphatic heterocycles. The normalized spacial score (nSPS) is 20.2. The summed E-state index contributed by atoms with van der Waals surface area (Å²) in [6.07, 6.45) is 1.94. The summed E-state index contributed by atoms with van der Waals surface area (Å²) in [5.41, 5.74) is 0.710. The van der Waals surface area contributed by atoms with E-state index in [4.69, 9.17) is 0 Å².